The van der Waals surface area contributed by atoms with Crippen molar-refractivity contribution in [2.75, 3.05) is 6.54 Å². The van der Waals surface area contributed by atoms with Crippen LogP contribution in [-0.4, -0.2) is 27.1 Å². The smallest absolute Gasteiger partial charge is 0.358 e. The molecule has 102 valence electrons. The number of likely N-dealkylation sites (N-methyl/N-ethyl adjacent to an activating group) is 1. The van der Waals surface area contributed by atoms with E-state index < -0.39 is 4.92 Å². The monoisotopic (exact) mass is 254 g/mol. The highest BCUT2D eigenvalue weighted by Crippen LogP contribution is 2.33. The normalized spacial score (nSPS) is 14.8. The lowest BCUT2D eigenvalue weighted by molar-refractivity contribution is -0.390. The van der Waals surface area contributed by atoms with Gasteiger partial charge in [-0.15, -0.1) is 0 Å². The largest absolute Gasteiger partial charge is 0.385 e. The average molecular weight is 254 g/mol. The molecule has 1 N–H and O–H groups in total. The summed E-state index contributed by atoms with van der Waals surface area (Å²) in [5.74, 6) is 0.340. The van der Waals surface area contributed by atoms with E-state index in [4.69, 9.17) is 0 Å². The second-order valence-electron chi connectivity index (χ2n) is 4.94. The lowest BCUT2D eigenvalue weighted by Crippen LogP contribution is -2.35. The maximum Gasteiger partial charge on any atom is 0.385 e. The Kier molecular flexibility index (Phi) is 4.84. The van der Waals surface area contributed by atoms with E-state index in [0.717, 1.165) is 6.54 Å². The summed E-state index contributed by atoms with van der Waals surface area (Å²) >= 11 is 0. The highest BCUT2D eigenvalue weighted by Gasteiger charge is 2.33. The van der Waals surface area contributed by atoms with Gasteiger partial charge in [-0.25, -0.2) is 0 Å². The van der Waals surface area contributed by atoms with Crippen LogP contribution in [0.4, 0.5) is 5.82 Å². The summed E-state index contributed by atoms with van der Waals surface area (Å²) < 4.78 is 1.76. The maximum absolute atomic E-state index is 11.1. The number of nitrogens with one attached hydrogen (secondary N) is 1. The second-order valence-corrected chi connectivity index (χ2v) is 4.94. The Morgan fingerprint density at radius 2 is 2.11 bits per heavy atom. The van der Waals surface area contributed by atoms with Crippen molar-refractivity contribution in [3.63, 3.8) is 0 Å². The van der Waals surface area contributed by atoms with Crippen LogP contribution in [0.2, 0.25) is 0 Å². The topological polar surface area (TPSA) is 73.0 Å². The predicted octanol–water partition coefficient (Wildman–Crippen LogP) is 2.07. The van der Waals surface area contributed by atoms with Gasteiger partial charge in [0.05, 0.1) is 0 Å². The first-order chi connectivity index (χ1) is 8.40. The van der Waals surface area contributed by atoms with Crippen molar-refractivity contribution < 1.29 is 4.92 Å². The predicted molar refractivity (Wildman–Crippen MR) is 70.6 cm³/mol. The molecular formula is C12H22N4O2. The van der Waals surface area contributed by atoms with Gasteiger partial charge in [-0.2, -0.15) is 0 Å². The van der Waals surface area contributed by atoms with Crippen molar-refractivity contribution in [2.24, 2.45) is 13.0 Å². The zero-order chi connectivity index (χ0) is 13.9. The van der Waals surface area contributed by atoms with E-state index in [9.17, 15) is 10.1 Å². The van der Waals surface area contributed by atoms with Crippen LogP contribution in [0, 0.1) is 16.0 Å². The molecule has 0 saturated heterocycles. The Morgan fingerprint density at radius 1 is 1.50 bits per heavy atom. The van der Waals surface area contributed by atoms with Gasteiger partial charge in [0.25, 0.3) is 0 Å². The number of hydrogen-bond donors (Lipinski definition) is 1. The molecule has 0 amide bonds. The molecule has 18 heavy (non-hydrogen) atoms. The van der Waals surface area contributed by atoms with Gasteiger partial charge in [0, 0.05) is 19.0 Å². The fourth-order valence-electron chi connectivity index (χ4n) is 2.53. The summed E-state index contributed by atoms with van der Waals surface area (Å²) in [5.41, 5.74) is 0.698. The van der Waals surface area contributed by atoms with E-state index in [1.54, 1.807) is 4.57 Å². The second kappa shape index (κ2) is 5.95. The van der Waals surface area contributed by atoms with Crippen LogP contribution in [0.5, 0.6) is 0 Å². The lowest BCUT2D eigenvalue weighted by atomic mass is 9.86. The number of rotatable bonds is 6. The van der Waals surface area contributed by atoms with Gasteiger partial charge in [0.2, 0.25) is 6.33 Å². The molecule has 2 unspecified atom stereocenters. The Bertz CT molecular complexity index is 414. The minimum Gasteiger partial charge on any atom is -0.358 e. The average Bonchev–Trinajstić information content (AvgIpc) is 2.61. The van der Waals surface area contributed by atoms with Crippen LogP contribution in [0.15, 0.2) is 6.33 Å². The minimum absolute atomic E-state index is 0.0269. The molecule has 1 rings (SSSR count). The van der Waals surface area contributed by atoms with Crippen LogP contribution in [0.1, 0.15) is 39.3 Å². The first-order valence-electron chi connectivity index (χ1n) is 6.29. The molecule has 1 aromatic heterocycles. The van der Waals surface area contributed by atoms with E-state index in [1.807, 2.05) is 14.0 Å². The van der Waals surface area contributed by atoms with Crippen LogP contribution < -0.4 is 5.32 Å². The van der Waals surface area contributed by atoms with Crippen molar-refractivity contribution in [3.8, 4) is 0 Å². The molecule has 0 fully saturated rings. The standard InChI is InChI=1S/C12H22N4O2/c1-6-13-9(4)10(8(2)3)11-12(16(17)18)14-7-15(11)5/h7-10,13H,6H2,1-5H3. The van der Waals surface area contributed by atoms with Gasteiger partial charge in [-0.1, -0.05) is 20.8 Å². The van der Waals surface area contributed by atoms with E-state index in [2.05, 4.69) is 31.1 Å². The Balaban J connectivity index is 3.21. The van der Waals surface area contributed by atoms with Crippen LogP contribution in [-0.2, 0) is 7.05 Å². The van der Waals surface area contributed by atoms with Gasteiger partial charge < -0.3 is 20.0 Å². The third-order valence-corrected chi connectivity index (χ3v) is 3.23. The lowest BCUT2D eigenvalue weighted by Gasteiger charge is -2.27. The summed E-state index contributed by atoms with van der Waals surface area (Å²) in [7, 11) is 1.81. The number of nitro groups is 1. The van der Waals surface area contributed by atoms with Crippen LogP contribution >= 0.6 is 0 Å². The van der Waals surface area contributed by atoms with Crippen LogP contribution in [0.25, 0.3) is 0 Å². The van der Waals surface area contributed by atoms with Gasteiger partial charge in [0.1, 0.15) is 5.69 Å². The van der Waals surface area contributed by atoms with Crippen molar-refractivity contribution >= 4 is 5.82 Å². The first kappa shape index (κ1) is 14.6. The summed E-state index contributed by atoms with van der Waals surface area (Å²) in [5, 5.41) is 14.4. The fourth-order valence-corrected chi connectivity index (χ4v) is 2.53. The van der Waals surface area contributed by atoms with Crippen molar-refractivity contribution in [2.45, 2.75) is 39.7 Å². The van der Waals surface area contributed by atoms with Gasteiger partial charge in [-0.05, 0) is 29.3 Å². The van der Waals surface area contributed by atoms with E-state index in [1.165, 1.54) is 6.33 Å². The molecule has 2 atom stereocenters. The number of imidazole rings is 1. The number of aryl methyl sites for hydroxylation is 1. The summed E-state index contributed by atoms with van der Waals surface area (Å²) in [6.07, 6.45) is 1.52. The van der Waals surface area contributed by atoms with Crippen molar-refractivity contribution in [1.29, 1.82) is 0 Å². The SMILES string of the molecule is CCNC(C)C(c1c([N+](=O)[O-])ncn1C)C(C)C. The molecule has 0 aromatic carbocycles. The molecule has 6 heteroatoms. The van der Waals surface area contributed by atoms with Gasteiger partial charge >= 0.3 is 5.82 Å². The van der Waals surface area contributed by atoms with Crippen molar-refractivity contribution in [3.05, 3.63) is 22.1 Å². The van der Waals surface area contributed by atoms with E-state index in [0.29, 0.717) is 11.6 Å². The van der Waals surface area contributed by atoms with Crippen molar-refractivity contribution in [1.82, 2.24) is 14.9 Å². The molecule has 0 bridgehead atoms. The molecule has 0 aliphatic rings. The quantitative estimate of drug-likeness (QED) is 0.623. The molecule has 6 nitrogen and oxygen atoms in total. The number of nitrogens with zero attached hydrogens (tertiary/aromatic N) is 3. The maximum atomic E-state index is 11.1. The summed E-state index contributed by atoms with van der Waals surface area (Å²) in [6, 6.07) is 0.170. The zero-order valence-corrected chi connectivity index (χ0v) is 11.7. The molecule has 0 saturated carbocycles. The molecule has 0 aliphatic heterocycles. The van der Waals surface area contributed by atoms with Gasteiger partial charge in [0.15, 0.2) is 0 Å². The first-order valence-corrected chi connectivity index (χ1v) is 6.29. The number of aromatic nitrogens is 2. The molecule has 1 aromatic rings. The zero-order valence-electron chi connectivity index (χ0n) is 11.7. The molecule has 0 aliphatic carbocycles. The molecular weight excluding hydrogens is 232 g/mol. The summed E-state index contributed by atoms with van der Waals surface area (Å²) in [6.45, 7) is 9.09. The molecule has 0 spiro atoms. The molecule has 1 heterocycles. The fraction of sp³-hybridized carbons (Fsp3) is 0.750. The Hall–Kier alpha value is -1.43. The van der Waals surface area contributed by atoms with Crippen LogP contribution in [0.3, 0.4) is 0 Å². The minimum atomic E-state index is -0.399. The third kappa shape index (κ3) is 2.87. The highest BCUT2D eigenvalue weighted by atomic mass is 16.6. The van der Waals surface area contributed by atoms with E-state index in [-0.39, 0.29) is 17.8 Å². The third-order valence-electron chi connectivity index (χ3n) is 3.23. The summed E-state index contributed by atoms with van der Waals surface area (Å²) in [4.78, 5) is 14.5. The van der Waals surface area contributed by atoms with E-state index >= 15 is 0 Å². The number of hydrogen-bond acceptors (Lipinski definition) is 4. The Morgan fingerprint density at radius 3 is 2.56 bits per heavy atom. The Labute approximate surface area is 108 Å². The highest BCUT2D eigenvalue weighted by molar-refractivity contribution is 5.32. The van der Waals surface area contributed by atoms with Gasteiger partial charge in [-0.3, -0.25) is 0 Å². The molecule has 0 radical (unpaired) electrons.